The van der Waals surface area contributed by atoms with Gasteiger partial charge in [0.25, 0.3) is 11.8 Å². The van der Waals surface area contributed by atoms with E-state index in [1.807, 2.05) is 37.3 Å². The van der Waals surface area contributed by atoms with Crippen LogP contribution >= 0.6 is 0 Å². The van der Waals surface area contributed by atoms with E-state index in [-0.39, 0.29) is 12.5 Å². The van der Waals surface area contributed by atoms with Gasteiger partial charge in [0.1, 0.15) is 6.61 Å². The van der Waals surface area contributed by atoms with Gasteiger partial charge in [0.2, 0.25) is 6.10 Å². The van der Waals surface area contributed by atoms with Crippen molar-refractivity contribution < 1.29 is 19.1 Å². The maximum Gasteiger partial charge on any atom is 0.284 e. The number of nitrogens with zero attached hydrogens (tertiary/aromatic N) is 1. The van der Waals surface area contributed by atoms with Crippen molar-refractivity contribution in [1.82, 2.24) is 5.43 Å². The lowest BCUT2D eigenvalue weighted by molar-refractivity contribution is -0.130. The molecule has 0 saturated carbocycles. The van der Waals surface area contributed by atoms with Crippen LogP contribution in [0.15, 0.2) is 77.9 Å². The van der Waals surface area contributed by atoms with Gasteiger partial charge >= 0.3 is 0 Å². The minimum absolute atomic E-state index is 0.110. The lowest BCUT2D eigenvalue weighted by Crippen LogP contribution is -2.42. The molecule has 7 nitrogen and oxygen atoms in total. The summed E-state index contributed by atoms with van der Waals surface area (Å²) < 4.78 is 11.2. The molecule has 0 bridgehead atoms. The Morgan fingerprint density at radius 1 is 1.00 bits per heavy atom. The van der Waals surface area contributed by atoms with Crippen molar-refractivity contribution in [2.45, 2.75) is 13.0 Å². The molecule has 0 aliphatic carbocycles. The summed E-state index contributed by atoms with van der Waals surface area (Å²) in [5.74, 6) is 0.529. The average Bonchev–Trinajstić information content (AvgIpc) is 2.79. The monoisotopic (exact) mass is 415 g/mol. The van der Waals surface area contributed by atoms with Gasteiger partial charge in [-0.05, 0) is 48.9 Å². The van der Waals surface area contributed by atoms with Crippen LogP contribution in [0.25, 0.3) is 0 Å². The second kappa shape index (κ2) is 9.13. The van der Waals surface area contributed by atoms with Gasteiger partial charge in [-0.2, -0.15) is 5.10 Å². The van der Waals surface area contributed by atoms with Gasteiger partial charge in [0.05, 0.1) is 6.21 Å². The fraction of sp³-hybridized carbons (Fsp3) is 0.125. The quantitative estimate of drug-likeness (QED) is 0.493. The first-order valence-corrected chi connectivity index (χ1v) is 9.78. The summed E-state index contributed by atoms with van der Waals surface area (Å²) in [7, 11) is 0. The number of carbonyl (C=O) groups is 2. The molecule has 4 rings (SSSR count). The molecule has 7 heteroatoms. The Morgan fingerprint density at radius 3 is 2.58 bits per heavy atom. The van der Waals surface area contributed by atoms with E-state index in [1.54, 1.807) is 42.5 Å². The highest BCUT2D eigenvalue weighted by Gasteiger charge is 2.26. The third kappa shape index (κ3) is 5.08. The molecule has 1 heterocycles. The number of para-hydroxylation sites is 2. The third-order valence-corrected chi connectivity index (χ3v) is 4.65. The van der Waals surface area contributed by atoms with Crippen molar-refractivity contribution in [3.63, 3.8) is 0 Å². The molecule has 0 saturated heterocycles. The van der Waals surface area contributed by atoms with E-state index >= 15 is 0 Å². The topological polar surface area (TPSA) is 89.0 Å². The van der Waals surface area contributed by atoms with E-state index in [1.165, 1.54) is 6.21 Å². The summed E-state index contributed by atoms with van der Waals surface area (Å²) in [6, 6.07) is 21.7. The van der Waals surface area contributed by atoms with Crippen molar-refractivity contribution >= 4 is 23.7 Å². The van der Waals surface area contributed by atoms with Crippen LogP contribution in [-0.4, -0.2) is 30.7 Å². The van der Waals surface area contributed by atoms with Gasteiger partial charge in [-0.1, -0.05) is 42.0 Å². The largest absolute Gasteiger partial charge is 0.485 e. The van der Waals surface area contributed by atoms with Gasteiger partial charge in [-0.3, -0.25) is 9.59 Å². The molecule has 1 atom stereocenters. The fourth-order valence-electron chi connectivity index (χ4n) is 3.00. The maximum absolute atomic E-state index is 12.4. The van der Waals surface area contributed by atoms with Crippen LogP contribution in [0.3, 0.4) is 0 Å². The summed E-state index contributed by atoms with van der Waals surface area (Å²) in [6.45, 7) is 2.08. The van der Waals surface area contributed by atoms with E-state index in [0.29, 0.717) is 28.3 Å². The number of anilines is 1. The molecule has 156 valence electrons. The van der Waals surface area contributed by atoms with Crippen LogP contribution in [0.5, 0.6) is 11.5 Å². The molecule has 0 aromatic heterocycles. The zero-order valence-corrected chi connectivity index (χ0v) is 16.9. The Hall–Kier alpha value is -4.13. The van der Waals surface area contributed by atoms with Crippen LogP contribution in [0, 0.1) is 6.92 Å². The predicted molar refractivity (Wildman–Crippen MR) is 118 cm³/mol. The van der Waals surface area contributed by atoms with E-state index in [0.717, 1.165) is 5.56 Å². The van der Waals surface area contributed by atoms with Crippen molar-refractivity contribution in [2.24, 2.45) is 5.10 Å². The third-order valence-electron chi connectivity index (χ3n) is 4.65. The van der Waals surface area contributed by atoms with Crippen LogP contribution in [-0.2, 0) is 4.79 Å². The second-order valence-corrected chi connectivity index (χ2v) is 7.04. The summed E-state index contributed by atoms with van der Waals surface area (Å²) in [5, 5.41) is 6.84. The number of carbonyl (C=O) groups excluding carboxylic acids is 2. The number of amides is 2. The zero-order chi connectivity index (χ0) is 21.6. The van der Waals surface area contributed by atoms with Crippen LogP contribution in [0.4, 0.5) is 5.69 Å². The molecule has 0 fully saturated rings. The molecule has 3 aromatic rings. The van der Waals surface area contributed by atoms with E-state index in [9.17, 15) is 9.59 Å². The highest BCUT2D eigenvalue weighted by molar-refractivity contribution is 6.04. The number of nitrogens with one attached hydrogen (secondary N) is 2. The molecule has 1 aliphatic rings. The number of benzene rings is 3. The number of ether oxygens (including phenoxy) is 2. The smallest absolute Gasteiger partial charge is 0.284 e. The lowest BCUT2D eigenvalue weighted by Gasteiger charge is -2.24. The molecule has 0 radical (unpaired) electrons. The summed E-state index contributed by atoms with van der Waals surface area (Å²) in [6.07, 6.45) is 0.712. The standard InChI is InChI=1S/C24H21N3O4/c1-16-9-11-18(12-10-16)23(28)26-19-6-4-5-17(13-19)14-25-27-24(29)22-15-30-20-7-2-3-8-21(20)31-22/h2-14,22H,15H2,1H3,(H,26,28)(H,27,29)/b25-14+. The molecule has 1 unspecified atom stereocenters. The van der Waals surface area contributed by atoms with Gasteiger partial charge in [-0.25, -0.2) is 5.43 Å². The zero-order valence-electron chi connectivity index (χ0n) is 16.9. The van der Waals surface area contributed by atoms with Gasteiger partial charge in [-0.15, -0.1) is 0 Å². The summed E-state index contributed by atoms with van der Waals surface area (Å²) >= 11 is 0. The Labute approximate surface area is 179 Å². The van der Waals surface area contributed by atoms with Crippen molar-refractivity contribution in [3.8, 4) is 11.5 Å². The molecular formula is C24H21N3O4. The van der Waals surface area contributed by atoms with E-state index in [2.05, 4.69) is 15.8 Å². The van der Waals surface area contributed by atoms with E-state index < -0.39 is 12.0 Å². The highest BCUT2D eigenvalue weighted by Crippen LogP contribution is 2.30. The molecule has 3 aromatic carbocycles. The van der Waals surface area contributed by atoms with Crippen LogP contribution < -0.4 is 20.2 Å². The number of hydrogen-bond acceptors (Lipinski definition) is 5. The number of rotatable bonds is 5. The Morgan fingerprint density at radius 2 is 1.77 bits per heavy atom. The van der Waals surface area contributed by atoms with Gasteiger partial charge in [0.15, 0.2) is 11.5 Å². The fourth-order valence-corrected chi connectivity index (χ4v) is 3.00. The first-order valence-electron chi connectivity index (χ1n) is 9.78. The van der Waals surface area contributed by atoms with Gasteiger partial charge in [0, 0.05) is 11.3 Å². The first-order chi connectivity index (χ1) is 15.1. The normalized spacial score (nSPS) is 14.8. The minimum Gasteiger partial charge on any atom is -0.485 e. The Balaban J connectivity index is 1.34. The van der Waals surface area contributed by atoms with E-state index in [4.69, 9.17) is 9.47 Å². The lowest BCUT2D eigenvalue weighted by atomic mass is 10.1. The average molecular weight is 415 g/mol. The van der Waals surface area contributed by atoms with Crippen molar-refractivity contribution in [2.75, 3.05) is 11.9 Å². The predicted octanol–water partition coefficient (Wildman–Crippen LogP) is 3.54. The number of fused-ring (bicyclic) bond motifs is 1. The number of hydrogen-bond donors (Lipinski definition) is 2. The maximum atomic E-state index is 12.4. The molecule has 2 N–H and O–H groups in total. The SMILES string of the molecule is Cc1ccc(C(=O)Nc2cccc(/C=N/NC(=O)C3COc4ccccc4O3)c2)cc1. The number of aryl methyl sites for hydroxylation is 1. The van der Waals surface area contributed by atoms with Gasteiger partial charge < -0.3 is 14.8 Å². The van der Waals surface area contributed by atoms with Crippen LogP contribution in [0.1, 0.15) is 21.5 Å². The molecule has 31 heavy (non-hydrogen) atoms. The summed E-state index contributed by atoms with van der Waals surface area (Å²) in [4.78, 5) is 24.7. The Bertz CT molecular complexity index is 1130. The molecule has 2 amide bonds. The molecule has 0 spiro atoms. The summed E-state index contributed by atoms with van der Waals surface area (Å²) in [5.41, 5.74) is 5.47. The number of hydrazone groups is 1. The molecular weight excluding hydrogens is 394 g/mol. The molecule has 1 aliphatic heterocycles. The van der Waals surface area contributed by atoms with Crippen LogP contribution in [0.2, 0.25) is 0 Å². The minimum atomic E-state index is -0.785. The second-order valence-electron chi connectivity index (χ2n) is 7.04. The van der Waals surface area contributed by atoms with Crippen molar-refractivity contribution in [1.29, 1.82) is 0 Å². The first kappa shape index (κ1) is 20.2. The highest BCUT2D eigenvalue weighted by atomic mass is 16.6. The Kier molecular flexibility index (Phi) is 5.93. The van der Waals surface area contributed by atoms with Crippen molar-refractivity contribution in [3.05, 3.63) is 89.5 Å².